The Labute approximate surface area is 125 Å². The molecule has 0 aliphatic carbocycles. The van der Waals surface area contributed by atoms with Crippen LogP contribution < -0.4 is 11.3 Å². The number of anilines is 1. The molecule has 0 radical (unpaired) electrons. The summed E-state index contributed by atoms with van der Waals surface area (Å²) < 4.78 is 31.7. The second-order valence-corrected chi connectivity index (χ2v) is 6.58. The number of hydrogen-bond acceptors (Lipinski definition) is 6. The summed E-state index contributed by atoms with van der Waals surface area (Å²) >= 11 is 0. The van der Waals surface area contributed by atoms with Gasteiger partial charge in [-0.2, -0.15) is 4.31 Å². The Balaban J connectivity index is 3.27. The lowest BCUT2D eigenvalue weighted by Gasteiger charge is -2.23. The molecule has 1 rings (SSSR count). The fourth-order valence-corrected chi connectivity index (χ4v) is 4.05. The SMILES string of the molecule is COCCN(CCO)S(=O)(=O)c1c(C)cc(NN)cc1C. The van der Waals surface area contributed by atoms with Crippen molar-refractivity contribution < 1.29 is 18.3 Å². The van der Waals surface area contributed by atoms with Crippen molar-refractivity contribution in [3.8, 4) is 0 Å². The summed E-state index contributed by atoms with van der Waals surface area (Å²) in [5.41, 5.74) is 4.36. The molecule has 0 heterocycles. The molecule has 0 bridgehead atoms. The molecule has 0 unspecified atom stereocenters. The lowest BCUT2D eigenvalue weighted by Crippen LogP contribution is -2.36. The summed E-state index contributed by atoms with van der Waals surface area (Å²) in [4.78, 5) is 0.242. The number of nitrogens with one attached hydrogen (secondary N) is 1. The van der Waals surface area contributed by atoms with Crippen LogP contribution in [-0.2, 0) is 14.8 Å². The number of nitrogen functional groups attached to an aromatic ring is 1. The average molecular weight is 317 g/mol. The topological polar surface area (TPSA) is 105 Å². The Morgan fingerprint density at radius 1 is 1.29 bits per heavy atom. The third-order valence-corrected chi connectivity index (χ3v) is 5.32. The molecule has 4 N–H and O–H groups in total. The number of nitrogens with zero attached hydrogens (tertiary/aromatic N) is 1. The van der Waals surface area contributed by atoms with Crippen LogP contribution in [0, 0.1) is 13.8 Å². The smallest absolute Gasteiger partial charge is 0.243 e. The molecule has 8 heteroatoms. The number of nitrogens with two attached hydrogens (primary N) is 1. The van der Waals surface area contributed by atoms with Crippen LogP contribution in [0.2, 0.25) is 0 Å². The predicted molar refractivity (Wildman–Crippen MR) is 81.4 cm³/mol. The van der Waals surface area contributed by atoms with E-state index in [0.29, 0.717) is 16.8 Å². The molecule has 7 nitrogen and oxygen atoms in total. The molecular formula is C13H23N3O4S. The first-order valence-corrected chi connectivity index (χ1v) is 8.00. The molecule has 0 saturated carbocycles. The molecule has 0 aromatic heterocycles. The van der Waals surface area contributed by atoms with E-state index in [4.69, 9.17) is 15.7 Å². The first kappa shape index (κ1) is 17.9. The van der Waals surface area contributed by atoms with Gasteiger partial charge in [-0.05, 0) is 37.1 Å². The van der Waals surface area contributed by atoms with E-state index in [1.165, 1.54) is 11.4 Å². The van der Waals surface area contributed by atoms with Gasteiger partial charge in [-0.15, -0.1) is 0 Å². The Kier molecular flexibility index (Phi) is 6.56. The zero-order chi connectivity index (χ0) is 16.0. The molecule has 120 valence electrons. The Morgan fingerprint density at radius 2 is 1.86 bits per heavy atom. The third-order valence-electron chi connectivity index (χ3n) is 3.12. The van der Waals surface area contributed by atoms with Crippen LogP contribution in [0.1, 0.15) is 11.1 Å². The van der Waals surface area contributed by atoms with Crippen LogP contribution >= 0.6 is 0 Å². The number of ether oxygens (including phenoxy) is 1. The fraction of sp³-hybridized carbons (Fsp3) is 0.538. The van der Waals surface area contributed by atoms with Crippen LogP contribution in [0.3, 0.4) is 0 Å². The van der Waals surface area contributed by atoms with Gasteiger partial charge < -0.3 is 15.3 Å². The summed E-state index contributed by atoms with van der Waals surface area (Å²) in [5, 5.41) is 9.09. The molecule has 1 aromatic carbocycles. The molecule has 21 heavy (non-hydrogen) atoms. The van der Waals surface area contributed by atoms with Gasteiger partial charge in [-0.3, -0.25) is 5.84 Å². The zero-order valence-electron chi connectivity index (χ0n) is 12.6. The van der Waals surface area contributed by atoms with Gasteiger partial charge in [0, 0.05) is 25.9 Å². The average Bonchev–Trinajstić information content (AvgIpc) is 2.41. The van der Waals surface area contributed by atoms with Crippen LogP contribution in [0.15, 0.2) is 17.0 Å². The molecule has 0 amide bonds. The summed E-state index contributed by atoms with van der Waals surface area (Å²) in [6, 6.07) is 3.35. The van der Waals surface area contributed by atoms with E-state index in [-0.39, 0.29) is 31.2 Å². The van der Waals surface area contributed by atoms with Gasteiger partial charge in [-0.25, -0.2) is 8.42 Å². The van der Waals surface area contributed by atoms with E-state index in [9.17, 15) is 8.42 Å². The number of hydrogen-bond donors (Lipinski definition) is 3. The molecule has 0 saturated heterocycles. The quantitative estimate of drug-likeness (QED) is 0.468. The zero-order valence-corrected chi connectivity index (χ0v) is 13.4. The molecule has 1 aromatic rings. The van der Waals surface area contributed by atoms with E-state index < -0.39 is 10.0 Å². The summed E-state index contributed by atoms with van der Waals surface area (Å²) in [6.07, 6.45) is 0. The van der Waals surface area contributed by atoms with Crippen molar-refractivity contribution in [1.29, 1.82) is 0 Å². The number of rotatable bonds is 8. The molecule has 0 fully saturated rings. The molecule has 0 aliphatic heterocycles. The minimum Gasteiger partial charge on any atom is -0.395 e. The standard InChI is InChI=1S/C13H23N3O4S/c1-10-8-12(15-14)9-11(2)13(10)21(18,19)16(4-6-17)5-7-20-3/h8-9,15,17H,4-7,14H2,1-3H3. The van der Waals surface area contributed by atoms with Gasteiger partial charge in [0.25, 0.3) is 0 Å². The van der Waals surface area contributed by atoms with E-state index >= 15 is 0 Å². The largest absolute Gasteiger partial charge is 0.395 e. The van der Waals surface area contributed by atoms with Gasteiger partial charge in [0.1, 0.15) is 0 Å². The van der Waals surface area contributed by atoms with Crippen molar-refractivity contribution in [3.63, 3.8) is 0 Å². The number of aliphatic hydroxyl groups is 1. The lowest BCUT2D eigenvalue weighted by molar-refractivity contribution is 0.168. The maximum absolute atomic E-state index is 12.8. The Hall–Kier alpha value is -1.19. The maximum atomic E-state index is 12.8. The Morgan fingerprint density at radius 3 is 2.29 bits per heavy atom. The van der Waals surface area contributed by atoms with Crippen molar-refractivity contribution in [2.45, 2.75) is 18.7 Å². The monoisotopic (exact) mass is 317 g/mol. The minimum absolute atomic E-state index is 0.0292. The summed E-state index contributed by atoms with van der Waals surface area (Å²) in [6.45, 7) is 3.67. The lowest BCUT2D eigenvalue weighted by atomic mass is 10.1. The van der Waals surface area contributed by atoms with Gasteiger partial charge in [0.2, 0.25) is 10.0 Å². The van der Waals surface area contributed by atoms with Crippen molar-refractivity contribution in [2.24, 2.45) is 5.84 Å². The van der Waals surface area contributed by atoms with Crippen LogP contribution in [-0.4, -0.2) is 51.2 Å². The summed E-state index contributed by atoms with van der Waals surface area (Å²) in [5.74, 6) is 5.36. The highest BCUT2D eigenvalue weighted by Gasteiger charge is 2.27. The van der Waals surface area contributed by atoms with Gasteiger partial charge in [0.05, 0.1) is 18.1 Å². The van der Waals surface area contributed by atoms with E-state index in [0.717, 1.165) is 0 Å². The number of methoxy groups -OCH3 is 1. The van der Waals surface area contributed by atoms with E-state index in [2.05, 4.69) is 5.43 Å². The molecule has 0 atom stereocenters. The van der Waals surface area contributed by atoms with Crippen molar-refractivity contribution in [2.75, 3.05) is 38.8 Å². The van der Waals surface area contributed by atoms with E-state index in [1.807, 2.05) is 0 Å². The normalized spacial score (nSPS) is 11.9. The second-order valence-electron chi connectivity index (χ2n) is 4.70. The van der Waals surface area contributed by atoms with Crippen LogP contribution in [0.4, 0.5) is 5.69 Å². The number of aliphatic hydroxyl groups excluding tert-OH is 1. The highest BCUT2D eigenvalue weighted by Crippen LogP contribution is 2.26. The van der Waals surface area contributed by atoms with Gasteiger partial charge in [0.15, 0.2) is 0 Å². The van der Waals surface area contributed by atoms with Gasteiger partial charge in [-0.1, -0.05) is 0 Å². The van der Waals surface area contributed by atoms with Crippen LogP contribution in [0.25, 0.3) is 0 Å². The molecular weight excluding hydrogens is 294 g/mol. The predicted octanol–water partition coefficient (Wildman–Crippen LogP) is 0.218. The first-order chi connectivity index (χ1) is 9.88. The third kappa shape index (κ3) is 4.14. The minimum atomic E-state index is -3.70. The number of aryl methyl sites for hydroxylation is 2. The van der Waals surface area contributed by atoms with Crippen LogP contribution in [0.5, 0.6) is 0 Å². The highest BCUT2D eigenvalue weighted by atomic mass is 32.2. The van der Waals surface area contributed by atoms with Crippen molar-refractivity contribution >= 4 is 15.7 Å². The molecule has 0 aliphatic rings. The van der Waals surface area contributed by atoms with Crippen molar-refractivity contribution in [1.82, 2.24) is 4.31 Å². The van der Waals surface area contributed by atoms with Gasteiger partial charge >= 0.3 is 0 Å². The number of hydrazine groups is 1. The Bertz CT molecular complexity index is 552. The number of sulfonamides is 1. The highest BCUT2D eigenvalue weighted by molar-refractivity contribution is 7.89. The van der Waals surface area contributed by atoms with E-state index in [1.54, 1.807) is 26.0 Å². The summed E-state index contributed by atoms with van der Waals surface area (Å²) in [7, 11) is -2.20. The fourth-order valence-electron chi connectivity index (χ4n) is 2.23. The van der Waals surface area contributed by atoms with Crippen molar-refractivity contribution in [3.05, 3.63) is 23.3 Å². The maximum Gasteiger partial charge on any atom is 0.243 e. The molecule has 0 spiro atoms. The number of benzene rings is 1. The second kappa shape index (κ2) is 7.71. The first-order valence-electron chi connectivity index (χ1n) is 6.56.